The first-order chi connectivity index (χ1) is 11.0. The summed E-state index contributed by atoms with van der Waals surface area (Å²) < 4.78 is 39.4. The van der Waals surface area contributed by atoms with E-state index in [2.05, 4.69) is 4.42 Å². The number of primary amides is 1. The number of nitrogens with two attached hydrogens (primary N) is 1. The van der Waals surface area contributed by atoms with E-state index in [4.69, 9.17) is 10.5 Å². The van der Waals surface area contributed by atoms with Crippen molar-refractivity contribution in [3.05, 3.63) is 51.8 Å². The van der Waals surface area contributed by atoms with E-state index in [1.165, 1.54) is 0 Å². The highest BCUT2D eigenvalue weighted by molar-refractivity contribution is 5.89. The Kier molecular flexibility index (Phi) is 2.92. The number of carbonyl (C=O) groups is 1. The summed E-state index contributed by atoms with van der Waals surface area (Å²) in [6, 6.07) is 2.10. The molecule has 1 amide bonds. The molecule has 1 unspecified atom stereocenters. The molecule has 1 aromatic carbocycles. The Morgan fingerprint density at radius 3 is 2.35 bits per heavy atom. The van der Waals surface area contributed by atoms with Gasteiger partial charge in [-0.15, -0.1) is 0 Å². The number of rotatable bonds is 3. The van der Waals surface area contributed by atoms with Crippen LogP contribution >= 0.6 is 0 Å². The van der Waals surface area contributed by atoms with Gasteiger partial charge in [-0.25, -0.2) is 18.1 Å². The van der Waals surface area contributed by atoms with Gasteiger partial charge in [-0.1, -0.05) is 0 Å². The fourth-order valence-corrected chi connectivity index (χ4v) is 3.33. The van der Waals surface area contributed by atoms with Crippen molar-refractivity contribution >= 4 is 5.91 Å². The number of carbonyl (C=O) groups excluding carboxylic acids is 1. The Morgan fingerprint density at radius 2 is 1.83 bits per heavy atom. The van der Waals surface area contributed by atoms with Crippen molar-refractivity contribution in [2.24, 2.45) is 17.6 Å². The summed E-state index contributed by atoms with van der Waals surface area (Å²) in [5.74, 6) is -3.59. The van der Waals surface area contributed by atoms with Gasteiger partial charge >= 0.3 is 5.76 Å². The molecule has 1 saturated heterocycles. The zero-order valence-corrected chi connectivity index (χ0v) is 11.8. The average Bonchev–Trinajstić information content (AvgIpc) is 2.88. The van der Waals surface area contributed by atoms with Crippen molar-refractivity contribution in [1.82, 2.24) is 4.57 Å². The number of ether oxygens (including phenoxy) is 1. The molecule has 0 spiro atoms. The molecule has 8 heteroatoms. The van der Waals surface area contributed by atoms with Gasteiger partial charge in [0.05, 0.1) is 25.1 Å². The van der Waals surface area contributed by atoms with Gasteiger partial charge in [-0.2, -0.15) is 0 Å². The van der Waals surface area contributed by atoms with Crippen molar-refractivity contribution in [3.63, 3.8) is 0 Å². The van der Waals surface area contributed by atoms with E-state index < -0.39 is 23.3 Å². The Morgan fingerprint density at radius 1 is 1.22 bits per heavy atom. The third-order valence-electron chi connectivity index (χ3n) is 4.51. The third-order valence-corrected chi connectivity index (χ3v) is 4.51. The summed E-state index contributed by atoms with van der Waals surface area (Å²) in [5, 5.41) is 0. The van der Waals surface area contributed by atoms with E-state index in [-0.39, 0.29) is 34.8 Å². The van der Waals surface area contributed by atoms with E-state index in [9.17, 15) is 18.4 Å². The van der Waals surface area contributed by atoms with Crippen LogP contribution in [-0.2, 0) is 4.74 Å². The monoisotopic (exact) mass is 322 g/mol. The minimum absolute atomic E-state index is 0.0266. The lowest BCUT2D eigenvalue weighted by Gasteiger charge is -2.10. The highest BCUT2D eigenvalue weighted by atomic mass is 19.1. The maximum absolute atomic E-state index is 14.4. The smallest absolute Gasteiger partial charge is 0.402 e. The van der Waals surface area contributed by atoms with Crippen LogP contribution in [0.1, 0.15) is 22.0 Å². The van der Waals surface area contributed by atoms with Gasteiger partial charge < -0.3 is 14.9 Å². The minimum Gasteiger partial charge on any atom is -0.402 e. The van der Waals surface area contributed by atoms with Gasteiger partial charge in [0.15, 0.2) is 0 Å². The highest BCUT2D eigenvalue weighted by Gasteiger charge is 2.56. The summed E-state index contributed by atoms with van der Waals surface area (Å²) >= 11 is 0. The van der Waals surface area contributed by atoms with Gasteiger partial charge in [0.1, 0.15) is 11.6 Å². The second-order valence-corrected chi connectivity index (χ2v) is 5.81. The van der Waals surface area contributed by atoms with Gasteiger partial charge in [0.25, 0.3) is 5.91 Å². The largest absolute Gasteiger partial charge is 0.424 e. The molecule has 3 atom stereocenters. The van der Waals surface area contributed by atoms with Crippen molar-refractivity contribution in [2.45, 2.75) is 5.92 Å². The number of amides is 1. The number of fused-ring (bicyclic) bond motifs is 1. The SMILES string of the molecule is NC(=O)c1cn(-c2cc(F)c(C3[C@H]4COC[C@@H]34)c(F)c2)c(=O)o1. The molecule has 1 aliphatic carbocycles. The molecular formula is C15H12F2N2O4. The molecule has 2 heterocycles. The molecule has 0 radical (unpaired) electrons. The molecule has 4 rings (SSSR count). The molecule has 2 N–H and O–H groups in total. The Labute approximate surface area is 128 Å². The van der Waals surface area contributed by atoms with Crippen molar-refractivity contribution < 1.29 is 22.7 Å². The summed E-state index contributed by atoms with van der Waals surface area (Å²) in [6.07, 6.45) is 1.01. The van der Waals surface area contributed by atoms with Crippen LogP contribution < -0.4 is 11.5 Å². The summed E-state index contributed by atoms with van der Waals surface area (Å²) in [5.41, 5.74) is 4.98. The lowest BCUT2D eigenvalue weighted by Crippen LogP contribution is -2.12. The van der Waals surface area contributed by atoms with E-state index in [1.54, 1.807) is 0 Å². The fraction of sp³-hybridized carbons (Fsp3) is 0.333. The summed E-state index contributed by atoms with van der Waals surface area (Å²) in [7, 11) is 0. The molecule has 2 aromatic rings. The number of nitrogens with zero attached hydrogens (tertiary/aromatic N) is 1. The van der Waals surface area contributed by atoms with E-state index in [1.807, 2.05) is 0 Å². The number of hydrogen-bond acceptors (Lipinski definition) is 4. The van der Waals surface area contributed by atoms with Crippen LogP contribution in [0.25, 0.3) is 5.69 Å². The maximum Gasteiger partial charge on any atom is 0.424 e. The first-order valence-corrected chi connectivity index (χ1v) is 7.06. The third kappa shape index (κ3) is 2.09. The molecule has 120 valence electrons. The van der Waals surface area contributed by atoms with Crippen molar-refractivity contribution in [1.29, 1.82) is 0 Å². The molecular weight excluding hydrogens is 310 g/mol. The summed E-state index contributed by atoms with van der Waals surface area (Å²) in [4.78, 5) is 22.7. The van der Waals surface area contributed by atoms with Crippen molar-refractivity contribution in [2.75, 3.05) is 13.2 Å². The fourth-order valence-electron chi connectivity index (χ4n) is 3.33. The Bertz CT molecular complexity index is 840. The Hall–Kier alpha value is -2.48. The number of benzene rings is 1. The van der Waals surface area contributed by atoms with Gasteiger partial charge in [-0.3, -0.25) is 4.79 Å². The topological polar surface area (TPSA) is 87.5 Å². The first-order valence-electron chi connectivity index (χ1n) is 7.06. The van der Waals surface area contributed by atoms with Gasteiger partial charge in [0.2, 0.25) is 5.76 Å². The molecule has 23 heavy (non-hydrogen) atoms. The van der Waals surface area contributed by atoms with Crippen LogP contribution in [0.2, 0.25) is 0 Å². The maximum atomic E-state index is 14.4. The zero-order valence-electron chi connectivity index (χ0n) is 11.8. The summed E-state index contributed by atoms with van der Waals surface area (Å²) in [6.45, 7) is 1.03. The second-order valence-electron chi connectivity index (χ2n) is 5.81. The Balaban J connectivity index is 1.74. The lowest BCUT2D eigenvalue weighted by atomic mass is 10.1. The van der Waals surface area contributed by atoms with E-state index >= 15 is 0 Å². The second kappa shape index (κ2) is 4.76. The molecule has 1 aliphatic heterocycles. The normalized spacial score (nSPS) is 25.4. The number of halogens is 2. The number of oxazole rings is 1. The van der Waals surface area contributed by atoms with Crippen LogP contribution in [0.3, 0.4) is 0 Å². The molecule has 1 saturated carbocycles. The molecule has 0 bridgehead atoms. The molecule has 6 nitrogen and oxygen atoms in total. The minimum atomic E-state index is -0.943. The van der Waals surface area contributed by atoms with Gasteiger partial charge in [-0.05, 0) is 24.0 Å². The number of hydrogen-bond donors (Lipinski definition) is 1. The predicted molar refractivity (Wildman–Crippen MR) is 73.3 cm³/mol. The molecule has 1 aromatic heterocycles. The van der Waals surface area contributed by atoms with Crippen LogP contribution in [0.4, 0.5) is 8.78 Å². The average molecular weight is 322 g/mol. The van der Waals surface area contributed by atoms with E-state index in [0.29, 0.717) is 13.2 Å². The molecule has 2 fully saturated rings. The van der Waals surface area contributed by atoms with Crippen LogP contribution in [0.15, 0.2) is 27.5 Å². The lowest BCUT2D eigenvalue weighted by molar-refractivity contribution is 0.0972. The van der Waals surface area contributed by atoms with Gasteiger partial charge in [0, 0.05) is 11.5 Å². The molecule has 2 aliphatic rings. The van der Waals surface area contributed by atoms with E-state index in [0.717, 1.165) is 22.9 Å². The van der Waals surface area contributed by atoms with Crippen molar-refractivity contribution in [3.8, 4) is 5.69 Å². The quantitative estimate of drug-likeness (QED) is 0.919. The van der Waals surface area contributed by atoms with Crippen LogP contribution in [0.5, 0.6) is 0 Å². The highest BCUT2D eigenvalue weighted by Crippen LogP contribution is 2.58. The van der Waals surface area contributed by atoms with Crippen LogP contribution in [0, 0.1) is 23.5 Å². The zero-order chi connectivity index (χ0) is 16.3. The first kappa shape index (κ1) is 14.1. The standard InChI is InChI=1S/C15H12F2N2O4/c16-9-1-6(19-3-11(14(18)20)23-15(19)21)2-10(17)13(9)12-7-4-22-5-8(7)12/h1-3,7-8,12H,4-5H2,(H2,18,20)/t7-,8+,12?. The predicted octanol–water partition coefficient (Wildman–Crippen LogP) is 1.17. The van der Waals surface area contributed by atoms with Crippen LogP contribution in [-0.4, -0.2) is 23.7 Å². The number of aromatic nitrogens is 1.